The molecule has 2 unspecified atom stereocenters. The Bertz CT molecular complexity index is 1510. The van der Waals surface area contributed by atoms with E-state index in [1.165, 1.54) is 30.3 Å². The summed E-state index contributed by atoms with van der Waals surface area (Å²) in [5, 5.41) is 2.40. The van der Waals surface area contributed by atoms with Crippen molar-refractivity contribution in [3.8, 4) is 0 Å². The molecular formula is C30H27F5IN3O3. The van der Waals surface area contributed by atoms with Gasteiger partial charge in [0.15, 0.2) is 0 Å². The smallest absolute Gasteiger partial charge is 0.251 e. The van der Waals surface area contributed by atoms with Crippen LogP contribution in [0.2, 0.25) is 0 Å². The van der Waals surface area contributed by atoms with E-state index in [1.54, 1.807) is 6.92 Å². The molecule has 222 valence electrons. The first-order valence-corrected chi connectivity index (χ1v) is 14.4. The van der Waals surface area contributed by atoms with Crippen LogP contribution in [0.25, 0.3) is 0 Å². The number of morpholine rings is 1. The summed E-state index contributed by atoms with van der Waals surface area (Å²) >= 11 is 1.97. The molecule has 5 rings (SSSR count). The molecule has 1 fully saturated rings. The monoisotopic (exact) mass is 699 g/mol. The summed E-state index contributed by atoms with van der Waals surface area (Å²) in [6.45, 7) is 4.17. The third-order valence-electron chi connectivity index (χ3n) is 7.79. The van der Waals surface area contributed by atoms with Gasteiger partial charge in [0, 0.05) is 57.6 Å². The molecule has 0 spiro atoms. The number of amides is 2. The van der Waals surface area contributed by atoms with Gasteiger partial charge in [-0.1, -0.05) is 18.2 Å². The fourth-order valence-electron chi connectivity index (χ4n) is 5.42. The number of hydrogen-bond acceptors (Lipinski definition) is 4. The minimum atomic E-state index is -2.18. The number of halogens is 6. The fraction of sp³-hybridized carbons (Fsp3) is 0.333. The lowest BCUT2D eigenvalue weighted by Gasteiger charge is -2.31. The first-order valence-electron chi connectivity index (χ1n) is 13.3. The van der Waals surface area contributed by atoms with Gasteiger partial charge in [-0.25, -0.2) is 22.0 Å². The van der Waals surface area contributed by atoms with Gasteiger partial charge < -0.3 is 10.1 Å². The molecule has 0 aromatic heterocycles. The Morgan fingerprint density at radius 3 is 2.38 bits per heavy atom. The number of carbonyl (C=O) groups excluding carboxylic acids is 2. The van der Waals surface area contributed by atoms with Crippen LogP contribution in [-0.2, 0) is 21.5 Å². The van der Waals surface area contributed by atoms with Crippen LogP contribution in [-0.4, -0.2) is 49.6 Å². The van der Waals surface area contributed by atoms with E-state index in [-0.39, 0.29) is 16.8 Å². The zero-order chi connectivity index (χ0) is 30.2. The second kappa shape index (κ2) is 12.3. The fourth-order valence-corrected chi connectivity index (χ4v) is 6.63. The molecule has 1 N–H and O–H groups in total. The number of rotatable bonds is 8. The van der Waals surface area contributed by atoms with Crippen LogP contribution in [0.1, 0.15) is 46.7 Å². The Morgan fingerprint density at radius 1 is 1.05 bits per heavy atom. The predicted octanol–water partition coefficient (Wildman–Crippen LogP) is 5.77. The van der Waals surface area contributed by atoms with E-state index >= 15 is 4.39 Å². The van der Waals surface area contributed by atoms with Gasteiger partial charge in [0.25, 0.3) is 5.91 Å². The average molecular weight is 699 g/mol. The first-order chi connectivity index (χ1) is 20.0. The van der Waals surface area contributed by atoms with Gasteiger partial charge >= 0.3 is 0 Å². The summed E-state index contributed by atoms with van der Waals surface area (Å²) in [4.78, 5) is 30.2. The normalized spacial score (nSPS) is 19.6. The molecule has 1 saturated heterocycles. The zero-order valence-corrected chi connectivity index (χ0v) is 24.7. The van der Waals surface area contributed by atoms with Crippen LogP contribution in [0.4, 0.5) is 27.6 Å². The summed E-state index contributed by atoms with van der Waals surface area (Å²) in [6, 6.07) is 9.08. The van der Waals surface area contributed by atoms with E-state index in [0.29, 0.717) is 60.5 Å². The van der Waals surface area contributed by atoms with Gasteiger partial charge in [0.1, 0.15) is 23.3 Å². The van der Waals surface area contributed by atoms with Gasteiger partial charge in [-0.15, -0.1) is 0 Å². The molecule has 0 aliphatic carbocycles. The summed E-state index contributed by atoms with van der Waals surface area (Å²) in [6.07, 6.45) is -1.84. The molecule has 2 amide bonds. The van der Waals surface area contributed by atoms with Crippen molar-refractivity contribution in [2.24, 2.45) is 0 Å². The molecule has 0 radical (unpaired) electrons. The summed E-state index contributed by atoms with van der Waals surface area (Å²) < 4.78 is 78.2. The van der Waals surface area contributed by atoms with Crippen LogP contribution >= 0.6 is 22.6 Å². The molecule has 2 aliphatic heterocycles. The number of anilines is 1. The van der Waals surface area contributed by atoms with E-state index in [2.05, 4.69) is 10.2 Å². The topological polar surface area (TPSA) is 61.9 Å². The lowest BCUT2D eigenvalue weighted by molar-refractivity contribution is -0.124. The molecule has 2 aliphatic rings. The number of hydrogen-bond donors (Lipinski definition) is 1. The molecule has 3 aromatic carbocycles. The van der Waals surface area contributed by atoms with Crippen LogP contribution in [0.5, 0.6) is 0 Å². The zero-order valence-electron chi connectivity index (χ0n) is 22.5. The standard InChI is InChI=1S/C30H27F5IN3O3/c1-30(6-7-38-8-10-42-11-9-38)26-24(36)12-17(28(40)37-16-20-22(33)14-18(31)15-23(20)34)13-25(26)39(29(30)41)27(35)19-4-2-3-5-21(19)32/h2-5,12-15,27H,6-11,16H2,1H3,(H,37,40). The molecule has 2 atom stereocenters. The van der Waals surface area contributed by atoms with Gasteiger partial charge in [0.2, 0.25) is 12.2 Å². The number of benzene rings is 3. The highest BCUT2D eigenvalue weighted by Crippen LogP contribution is 2.50. The maximum Gasteiger partial charge on any atom is 0.251 e. The maximum absolute atomic E-state index is 16.1. The van der Waals surface area contributed by atoms with E-state index in [0.717, 1.165) is 11.0 Å². The molecular weight excluding hydrogens is 672 g/mol. The van der Waals surface area contributed by atoms with Crippen molar-refractivity contribution in [1.29, 1.82) is 0 Å². The van der Waals surface area contributed by atoms with E-state index < -0.39 is 58.9 Å². The van der Waals surface area contributed by atoms with Crippen molar-refractivity contribution >= 4 is 40.1 Å². The summed E-state index contributed by atoms with van der Waals surface area (Å²) in [5.74, 6) is -5.57. The van der Waals surface area contributed by atoms with Crippen molar-refractivity contribution in [3.05, 3.63) is 97.6 Å². The first kappa shape index (κ1) is 30.4. The second-order valence-corrected chi connectivity index (χ2v) is 11.6. The maximum atomic E-state index is 16.1. The van der Waals surface area contributed by atoms with Crippen LogP contribution in [0, 0.1) is 26.8 Å². The van der Waals surface area contributed by atoms with E-state index in [9.17, 15) is 27.2 Å². The summed E-state index contributed by atoms with van der Waals surface area (Å²) in [7, 11) is 0. The average Bonchev–Trinajstić information content (AvgIpc) is 3.18. The minimum Gasteiger partial charge on any atom is -0.379 e. The highest BCUT2D eigenvalue weighted by molar-refractivity contribution is 14.1. The number of alkyl halides is 1. The van der Waals surface area contributed by atoms with E-state index in [1.807, 2.05) is 22.6 Å². The molecule has 6 nitrogen and oxygen atoms in total. The molecule has 0 saturated carbocycles. The second-order valence-electron chi connectivity index (χ2n) is 10.5. The highest BCUT2D eigenvalue weighted by atomic mass is 127. The summed E-state index contributed by atoms with van der Waals surface area (Å²) in [5.41, 5.74) is -1.44. The van der Waals surface area contributed by atoms with Gasteiger partial charge in [0.05, 0.1) is 24.3 Å². The SMILES string of the molecule is CC1(CCN2CCOCC2)C(=O)N(C(F)c2ccccc2F)c2cc(C(=O)NCc3c(F)cc(F)cc3F)cc(I)c21. The minimum absolute atomic E-state index is 0.00274. The van der Waals surface area contributed by atoms with E-state index in [4.69, 9.17) is 4.74 Å². The van der Waals surface area contributed by atoms with Crippen LogP contribution in [0.3, 0.4) is 0 Å². The van der Waals surface area contributed by atoms with Crippen LogP contribution < -0.4 is 10.2 Å². The van der Waals surface area contributed by atoms with Gasteiger partial charge in [-0.3, -0.25) is 19.4 Å². The van der Waals surface area contributed by atoms with Crippen molar-refractivity contribution in [2.45, 2.75) is 31.6 Å². The Hall–Kier alpha value is -3.10. The largest absolute Gasteiger partial charge is 0.379 e. The third-order valence-corrected chi connectivity index (χ3v) is 8.64. The highest BCUT2D eigenvalue weighted by Gasteiger charge is 2.51. The number of carbonyl (C=O) groups is 2. The number of nitrogens with zero attached hydrogens (tertiary/aromatic N) is 2. The molecule has 42 heavy (non-hydrogen) atoms. The Balaban J connectivity index is 1.50. The molecule has 2 heterocycles. The Kier molecular flexibility index (Phi) is 8.86. The lowest BCUT2D eigenvalue weighted by atomic mass is 9.80. The Morgan fingerprint density at radius 2 is 1.71 bits per heavy atom. The van der Waals surface area contributed by atoms with Gasteiger partial charge in [-0.2, -0.15) is 0 Å². The molecule has 12 heteroatoms. The van der Waals surface area contributed by atoms with Crippen molar-refractivity contribution < 1.29 is 36.3 Å². The van der Waals surface area contributed by atoms with Crippen molar-refractivity contribution in [3.63, 3.8) is 0 Å². The number of fused-ring (bicyclic) bond motifs is 1. The number of nitrogens with one attached hydrogen (secondary N) is 1. The third kappa shape index (κ3) is 5.76. The predicted molar refractivity (Wildman–Crippen MR) is 154 cm³/mol. The lowest BCUT2D eigenvalue weighted by Crippen LogP contribution is -2.43. The Labute approximate surface area is 253 Å². The van der Waals surface area contributed by atoms with Crippen LogP contribution in [0.15, 0.2) is 48.5 Å². The van der Waals surface area contributed by atoms with Crippen molar-refractivity contribution in [2.75, 3.05) is 37.7 Å². The van der Waals surface area contributed by atoms with Gasteiger partial charge in [-0.05, 0) is 60.7 Å². The molecule has 3 aromatic rings. The van der Waals surface area contributed by atoms with Crippen molar-refractivity contribution in [1.82, 2.24) is 10.2 Å². The quantitative estimate of drug-likeness (QED) is 0.184. The number of ether oxygens (including phenoxy) is 1. The molecule has 0 bridgehead atoms.